The van der Waals surface area contributed by atoms with E-state index in [2.05, 4.69) is 13.0 Å². The van der Waals surface area contributed by atoms with Crippen LogP contribution in [-0.2, 0) is 14.4 Å². The molecule has 0 bridgehead atoms. The molecule has 7 aliphatic carbocycles. The van der Waals surface area contributed by atoms with Crippen LogP contribution >= 0.6 is 0 Å². The minimum absolute atomic E-state index is 0.0550. The second-order valence-corrected chi connectivity index (χ2v) is 19.5. The van der Waals surface area contributed by atoms with E-state index >= 15 is 4.79 Å². The third-order valence-electron chi connectivity index (χ3n) is 17.1. The highest BCUT2D eigenvalue weighted by molar-refractivity contribution is 6.02. The van der Waals surface area contributed by atoms with Crippen LogP contribution in [0.25, 0.3) is 6.08 Å². The molecular formula is C46H57N3O7. The lowest BCUT2D eigenvalue weighted by Gasteiger charge is -2.69. The normalized spacial score (nSPS) is 46.7. The van der Waals surface area contributed by atoms with E-state index in [1.165, 1.54) is 6.92 Å². The van der Waals surface area contributed by atoms with Crippen molar-refractivity contribution in [1.29, 1.82) is 0 Å². The van der Waals surface area contributed by atoms with Crippen LogP contribution in [0.1, 0.15) is 92.6 Å². The number of ketones is 2. The van der Waals surface area contributed by atoms with E-state index < -0.39 is 79.6 Å². The fourth-order valence-electron chi connectivity index (χ4n) is 14.4. The Morgan fingerprint density at radius 3 is 2.27 bits per heavy atom. The third kappa shape index (κ3) is 4.44. The van der Waals surface area contributed by atoms with Crippen molar-refractivity contribution >= 4 is 29.6 Å². The lowest BCUT2D eigenvalue weighted by molar-refractivity contribution is -0.165. The predicted octanol–water partition coefficient (Wildman–Crippen LogP) is 5.44. The van der Waals surface area contributed by atoms with Crippen molar-refractivity contribution < 1.29 is 34.8 Å². The minimum Gasteiger partial charge on any atom is -0.478 e. The monoisotopic (exact) mass is 763 g/mol. The molecule has 1 aromatic rings. The van der Waals surface area contributed by atoms with E-state index in [-0.39, 0.29) is 42.4 Å². The van der Waals surface area contributed by atoms with Gasteiger partial charge < -0.3 is 31.9 Å². The Morgan fingerprint density at radius 1 is 0.946 bits per heavy atom. The maximum absolute atomic E-state index is 15.4. The second-order valence-electron chi connectivity index (χ2n) is 19.5. The summed E-state index contributed by atoms with van der Waals surface area (Å²) in [4.78, 5) is 46.3. The number of benzene rings is 1. The first-order valence-corrected chi connectivity index (χ1v) is 20.1. The molecule has 1 spiro atoms. The molecule has 0 saturated heterocycles. The molecule has 10 nitrogen and oxygen atoms in total. The van der Waals surface area contributed by atoms with Crippen LogP contribution in [0.5, 0.6) is 0 Å². The van der Waals surface area contributed by atoms with Crippen molar-refractivity contribution in [2.75, 3.05) is 0 Å². The van der Waals surface area contributed by atoms with Gasteiger partial charge in [0.05, 0.1) is 17.2 Å². The average Bonchev–Trinajstić information content (AvgIpc) is 3.27. The number of aliphatic hydroxyl groups is 3. The van der Waals surface area contributed by atoms with Gasteiger partial charge in [-0.25, -0.2) is 9.79 Å². The van der Waals surface area contributed by atoms with E-state index in [1.807, 2.05) is 83.2 Å². The molecule has 0 aromatic heterocycles. The van der Waals surface area contributed by atoms with Gasteiger partial charge in [0.15, 0.2) is 11.7 Å². The van der Waals surface area contributed by atoms with Crippen LogP contribution in [0.4, 0.5) is 0 Å². The number of carbonyl (C=O) groups excluding carboxylic acids is 2. The topological polar surface area (TPSA) is 197 Å². The zero-order valence-electron chi connectivity index (χ0n) is 33.6. The third-order valence-corrected chi connectivity index (χ3v) is 17.1. The lowest BCUT2D eigenvalue weighted by Crippen LogP contribution is -2.70. The zero-order valence-corrected chi connectivity index (χ0v) is 33.6. The smallest absolute Gasteiger partial charge is 0.331 e. The highest BCUT2D eigenvalue weighted by Gasteiger charge is 2.82. The Labute approximate surface area is 329 Å². The number of Topliss-reactive ketones (excluding diaryl/α,β-unsaturated/α-hetero) is 2. The summed E-state index contributed by atoms with van der Waals surface area (Å²) in [5.41, 5.74) is 5.43. The molecule has 12 atom stereocenters. The Kier molecular flexibility index (Phi) is 8.12. The Balaban J connectivity index is 1.39. The number of hydrogen-bond acceptors (Lipinski definition) is 7. The zero-order chi connectivity index (χ0) is 40.8. The number of hydrogen-bond donors (Lipinski definition) is 6. The fraction of sp³-hybridized carbons (Fsp3) is 0.565. The van der Waals surface area contributed by atoms with Gasteiger partial charge in [-0.1, -0.05) is 102 Å². The van der Waals surface area contributed by atoms with E-state index in [9.17, 15) is 30.0 Å². The SMILES string of the molecule is CC(C(=O)O)=C1CCC2(N=C(N)N)C=CC3(CC4(O)C=CC5(O)C6=C(C(=O)CC3(C)C64C)C3(C)CCC(=O)C(C)(C)C3C5C=Cc3ccccc3)C(C)C2C1O. The van der Waals surface area contributed by atoms with Gasteiger partial charge in [0, 0.05) is 57.5 Å². The molecular weight excluding hydrogens is 707 g/mol. The number of allylic oxidation sites excluding steroid dienone is 2. The molecule has 8 rings (SSSR count). The number of fused-ring (bicyclic) bond motifs is 4. The van der Waals surface area contributed by atoms with Crippen LogP contribution in [0, 0.1) is 50.7 Å². The van der Waals surface area contributed by atoms with E-state index in [1.54, 1.807) is 12.2 Å². The molecule has 56 heavy (non-hydrogen) atoms. The number of aliphatic carboxylic acids is 1. The molecule has 0 heterocycles. The number of nitrogens with zero attached hydrogens (tertiary/aromatic N) is 1. The quantitative estimate of drug-likeness (QED) is 0.100. The lowest BCUT2D eigenvalue weighted by atomic mass is 9.35. The van der Waals surface area contributed by atoms with Gasteiger partial charge in [-0.3, -0.25) is 9.59 Å². The number of nitrogens with two attached hydrogens (primary N) is 2. The molecule has 1 aromatic carbocycles. The molecule has 0 amide bonds. The fourth-order valence-corrected chi connectivity index (χ4v) is 14.4. The molecule has 3 saturated carbocycles. The van der Waals surface area contributed by atoms with E-state index in [0.29, 0.717) is 36.0 Å². The Morgan fingerprint density at radius 2 is 1.62 bits per heavy atom. The number of aliphatic hydroxyl groups excluding tert-OH is 1. The number of carboxylic acids is 1. The largest absolute Gasteiger partial charge is 0.478 e. The standard InChI is InChI=1S/C46H57N3O7/c1-25(37(53)54)28-15-18-44(49-38(47)48)20-19-43(26(2)32(44)34(28)52)24-45(55)21-22-46(56)29(14-13-27-11-9-8-10-12-27)35-39(3,4)31(51)16-17-40(35,5)33-30(50)23-41(43,6)42(45,7)36(33)46/h8-14,19-22,26,29,32,34-35,52,55-56H,15-18,23-24H2,1-7H3,(H,53,54)(H4,47,48,49). The van der Waals surface area contributed by atoms with Gasteiger partial charge >= 0.3 is 5.97 Å². The Hall–Kier alpha value is -4.12. The van der Waals surface area contributed by atoms with Crippen LogP contribution in [0.3, 0.4) is 0 Å². The number of carboxylic acid groups (broad SMARTS) is 1. The van der Waals surface area contributed by atoms with Gasteiger partial charge in [-0.05, 0) is 72.6 Å². The van der Waals surface area contributed by atoms with Gasteiger partial charge in [-0.15, -0.1) is 0 Å². The molecule has 7 aliphatic rings. The van der Waals surface area contributed by atoms with Crippen LogP contribution in [-0.4, -0.2) is 66.8 Å². The molecule has 10 heteroatoms. The van der Waals surface area contributed by atoms with Gasteiger partial charge in [0.1, 0.15) is 11.4 Å². The summed E-state index contributed by atoms with van der Waals surface area (Å²) < 4.78 is 0. The van der Waals surface area contributed by atoms with Crippen molar-refractivity contribution in [1.82, 2.24) is 0 Å². The summed E-state index contributed by atoms with van der Waals surface area (Å²) in [5, 5.41) is 49.3. The number of aliphatic imine (C=N–C) groups is 1. The summed E-state index contributed by atoms with van der Waals surface area (Å²) in [6, 6.07) is 9.81. The maximum Gasteiger partial charge on any atom is 0.331 e. The molecule has 0 radical (unpaired) electrons. The summed E-state index contributed by atoms with van der Waals surface area (Å²) in [7, 11) is 0. The van der Waals surface area contributed by atoms with Crippen molar-refractivity contribution in [3.8, 4) is 0 Å². The maximum atomic E-state index is 15.4. The average molecular weight is 764 g/mol. The first-order chi connectivity index (χ1) is 26.0. The van der Waals surface area contributed by atoms with Crippen molar-refractivity contribution in [3.63, 3.8) is 0 Å². The molecule has 8 N–H and O–H groups in total. The number of guanidine groups is 1. The molecule has 298 valence electrons. The van der Waals surface area contributed by atoms with Crippen molar-refractivity contribution in [3.05, 3.63) is 88.6 Å². The van der Waals surface area contributed by atoms with Crippen LogP contribution in [0.15, 0.2) is 88.0 Å². The molecule has 3 fully saturated rings. The summed E-state index contributed by atoms with van der Waals surface area (Å²) in [6.45, 7) is 13.6. The van der Waals surface area contributed by atoms with Crippen molar-refractivity contribution in [2.24, 2.45) is 67.2 Å². The van der Waals surface area contributed by atoms with Gasteiger partial charge in [-0.2, -0.15) is 0 Å². The van der Waals surface area contributed by atoms with E-state index in [4.69, 9.17) is 16.5 Å². The van der Waals surface area contributed by atoms with Crippen LogP contribution in [0.2, 0.25) is 0 Å². The number of carbonyl (C=O) groups is 3. The van der Waals surface area contributed by atoms with Gasteiger partial charge in [0.25, 0.3) is 0 Å². The number of rotatable bonds is 4. The predicted molar refractivity (Wildman–Crippen MR) is 213 cm³/mol. The Bertz CT molecular complexity index is 2150. The second kappa shape index (κ2) is 11.7. The highest BCUT2D eigenvalue weighted by Crippen LogP contribution is 2.82. The summed E-state index contributed by atoms with van der Waals surface area (Å²) in [5.74, 6) is -3.52. The van der Waals surface area contributed by atoms with E-state index in [0.717, 1.165) is 5.56 Å². The van der Waals surface area contributed by atoms with Gasteiger partial charge in [0.2, 0.25) is 0 Å². The minimum atomic E-state index is -1.73. The van der Waals surface area contributed by atoms with Crippen molar-refractivity contribution in [2.45, 2.75) is 110 Å². The molecule has 0 aliphatic heterocycles. The first kappa shape index (κ1) is 38.7. The summed E-state index contributed by atoms with van der Waals surface area (Å²) >= 11 is 0. The van der Waals surface area contributed by atoms with Crippen LogP contribution < -0.4 is 11.5 Å². The summed E-state index contributed by atoms with van der Waals surface area (Å²) in [6.07, 6.45) is 11.8. The molecule has 12 unspecified atom stereocenters. The first-order valence-electron chi connectivity index (χ1n) is 20.1. The highest BCUT2D eigenvalue weighted by atomic mass is 16.4.